The lowest BCUT2D eigenvalue weighted by Gasteiger charge is -2.04. The quantitative estimate of drug-likeness (QED) is 0.229. The number of hydrogen-bond acceptors (Lipinski definition) is 3. The largest absolute Gasteiger partial charge is 0.355 e. The molecule has 2 heterocycles. The summed E-state index contributed by atoms with van der Waals surface area (Å²) in [5, 5.41) is 4.99. The molecule has 4 aromatic rings. The molecule has 3 N–H and O–H groups in total. The van der Waals surface area contributed by atoms with Crippen molar-refractivity contribution in [1.82, 2.24) is 14.9 Å². The number of amides is 1. The first-order chi connectivity index (χ1) is 17.0. The highest BCUT2D eigenvalue weighted by atomic mass is 35.5. The van der Waals surface area contributed by atoms with Crippen molar-refractivity contribution in [2.75, 3.05) is 13.1 Å². The van der Waals surface area contributed by atoms with Gasteiger partial charge in [0.25, 0.3) is 5.82 Å². The second-order valence-corrected chi connectivity index (χ2v) is 9.34. The highest BCUT2D eigenvalue weighted by Crippen LogP contribution is 2.28. The molecule has 2 aromatic heterocycles. The smallest absolute Gasteiger partial charge is 0.282 e. The lowest BCUT2D eigenvalue weighted by atomic mass is 10.1. The molecule has 0 atom stereocenters. The van der Waals surface area contributed by atoms with Crippen LogP contribution >= 0.6 is 23.2 Å². The van der Waals surface area contributed by atoms with Crippen LogP contribution in [-0.4, -0.2) is 28.5 Å². The molecule has 8 heteroatoms. The normalized spacial score (nSPS) is 11.7. The van der Waals surface area contributed by atoms with Crippen molar-refractivity contribution in [1.29, 1.82) is 0 Å². The third-order valence-corrected chi connectivity index (χ3v) is 6.86. The van der Waals surface area contributed by atoms with E-state index in [0.29, 0.717) is 29.6 Å². The first-order valence-electron chi connectivity index (χ1n) is 11.9. The molecule has 182 valence electrons. The fourth-order valence-corrected chi connectivity index (χ4v) is 4.65. The van der Waals surface area contributed by atoms with Crippen LogP contribution in [0.2, 0.25) is 10.0 Å². The highest BCUT2D eigenvalue weighted by molar-refractivity contribution is 6.42. The number of fused-ring (bicyclic) bond motifs is 2. The number of para-hydroxylation sites is 1. The van der Waals surface area contributed by atoms with E-state index in [0.717, 1.165) is 59.1 Å². The maximum atomic E-state index is 11.8. The zero-order valence-corrected chi connectivity index (χ0v) is 21.3. The maximum absolute atomic E-state index is 11.8. The van der Waals surface area contributed by atoms with Gasteiger partial charge in [-0.15, -0.1) is 0 Å². The van der Waals surface area contributed by atoms with Crippen LogP contribution < -0.4 is 15.6 Å². The Balaban J connectivity index is 1.60. The summed E-state index contributed by atoms with van der Waals surface area (Å²) in [7, 11) is 2.04. The summed E-state index contributed by atoms with van der Waals surface area (Å²) in [5.74, 6) is 1.10. The third kappa shape index (κ3) is 5.84. The van der Waals surface area contributed by atoms with E-state index in [-0.39, 0.29) is 5.91 Å². The molecule has 0 aliphatic carbocycles. The van der Waals surface area contributed by atoms with Crippen molar-refractivity contribution in [3.05, 3.63) is 70.1 Å². The predicted octanol–water partition coefficient (Wildman–Crippen LogP) is 5.13. The van der Waals surface area contributed by atoms with Crippen LogP contribution in [-0.2, 0) is 18.4 Å². The lowest BCUT2D eigenvalue weighted by Crippen LogP contribution is -2.31. The molecule has 2 aromatic carbocycles. The minimum absolute atomic E-state index is 0.0582. The van der Waals surface area contributed by atoms with Gasteiger partial charge < -0.3 is 11.1 Å². The lowest BCUT2D eigenvalue weighted by molar-refractivity contribution is -0.647. The van der Waals surface area contributed by atoms with E-state index < -0.39 is 0 Å². The van der Waals surface area contributed by atoms with Gasteiger partial charge in [0.1, 0.15) is 0 Å². The molecule has 0 unspecified atom stereocenters. The second-order valence-electron chi connectivity index (χ2n) is 8.52. The minimum atomic E-state index is 0.0582. The molecule has 1 amide bonds. The molecule has 6 nitrogen and oxygen atoms in total. The summed E-state index contributed by atoms with van der Waals surface area (Å²) < 4.78 is 4.41. The van der Waals surface area contributed by atoms with E-state index in [2.05, 4.69) is 37.7 Å². The number of aryl methyl sites for hydroxylation is 2. The Morgan fingerprint density at radius 2 is 1.91 bits per heavy atom. The fourth-order valence-electron chi connectivity index (χ4n) is 4.34. The minimum Gasteiger partial charge on any atom is -0.355 e. The molecule has 0 saturated heterocycles. The van der Waals surface area contributed by atoms with E-state index in [1.807, 2.05) is 49.6 Å². The Bertz CT molecular complexity index is 1370. The summed E-state index contributed by atoms with van der Waals surface area (Å²) in [6.07, 6.45) is 9.32. The predicted molar refractivity (Wildman–Crippen MR) is 144 cm³/mol. The fraction of sp³-hybridized carbons (Fsp3) is 0.296. The van der Waals surface area contributed by atoms with Gasteiger partial charge in [0, 0.05) is 49.3 Å². The number of nitrogens with two attached hydrogens (primary N) is 1. The van der Waals surface area contributed by atoms with Gasteiger partial charge >= 0.3 is 0 Å². The van der Waals surface area contributed by atoms with E-state index in [1.165, 1.54) is 0 Å². The number of aromatic nitrogens is 3. The van der Waals surface area contributed by atoms with E-state index in [4.69, 9.17) is 28.9 Å². The monoisotopic (exact) mass is 510 g/mol. The van der Waals surface area contributed by atoms with Crippen LogP contribution in [0.25, 0.3) is 34.1 Å². The topological polar surface area (TPSA) is 76.8 Å². The number of benzene rings is 2. The zero-order chi connectivity index (χ0) is 24.8. The van der Waals surface area contributed by atoms with Gasteiger partial charge in [0.05, 0.1) is 29.2 Å². The molecular formula is C27H30Cl2N5O+. The molecule has 35 heavy (non-hydrogen) atoms. The number of nitrogens with one attached hydrogen (secondary N) is 1. The van der Waals surface area contributed by atoms with E-state index in [1.54, 1.807) is 0 Å². The van der Waals surface area contributed by atoms with E-state index in [9.17, 15) is 4.79 Å². The Hall–Kier alpha value is -2.93. The number of carbonyl (C=O) groups excluding carboxylic acids is 1. The number of rotatable bonds is 10. The summed E-state index contributed by atoms with van der Waals surface area (Å²) in [6, 6.07) is 14.0. The van der Waals surface area contributed by atoms with Crippen LogP contribution in [0.5, 0.6) is 0 Å². The van der Waals surface area contributed by atoms with Crippen molar-refractivity contribution in [2.45, 2.75) is 32.2 Å². The molecule has 0 fully saturated rings. The molecule has 4 rings (SSSR count). The van der Waals surface area contributed by atoms with Gasteiger partial charge in [0.2, 0.25) is 5.91 Å². The number of unbranched alkanes of at least 4 members (excludes halogenated alkanes) is 2. The number of pyridine rings is 1. The Kier molecular flexibility index (Phi) is 8.39. The number of carbonyl (C=O) groups is 1. The Morgan fingerprint density at radius 3 is 2.74 bits per heavy atom. The van der Waals surface area contributed by atoms with Gasteiger partial charge in [-0.1, -0.05) is 41.4 Å². The van der Waals surface area contributed by atoms with Crippen LogP contribution in [0.15, 0.2) is 48.7 Å². The number of nitrogens with zero attached hydrogens (tertiary/aromatic N) is 3. The maximum Gasteiger partial charge on any atom is 0.282 e. The van der Waals surface area contributed by atoms with Gasteiger partial charge in [-0.25, -0.2) is 9.13 Å². The molecule has 0 spiro atoms. The molecular weight excluding hydrogens is 481 g/mol. The molecule has 0 bridgehead atoms. The van der Waals surface area contributed by atoms with Crippen LogP contribution in [0.3, 0.4) is 0 Å². The molecule has 0 aliphatic heterocycles. The van der Waals surface area contributed by atoms with Gasteiger partial charge in [-0.2, -0.15) is 0 Å². The standard InChI is InChI=1S/C27H29Cl2N5O/c1-33-24-17-21(28)22(29)18-25(24)34(16-6-2-3-9-26(35)32-15-13-30)27(33)11-10-19-12-14-31-23-8-5-4-7-20(19)23/h4-5,7-8,10-12,14,17-18H,2-3,6,9,13,15-16,30H2,1H3/p+1/b11-10+. The van der Waals surface area contributed by atoms with Crippen molar-refractivity contribution in [2.24, 2.45) is 12.8 Å². The van der Waals surface area contributed by atoms with E-state index >= 15 is 0 Å². The molecule has 0 saturated carbocycles. The van der Waals surface area contributed by atoms with Crippen LogP contribution in [0, 0.1) is 0 Å². The van der Waals surface area contributed by atoms with Crippen molar-refractivity contribution in [3.8, 4) is 0 Å². The SMILES string of the molecule is C[n+]1c(/C=C/c2ccnc3ccccc23)n(CCCCCC(=O)NCCN)c2cc(Cl)c(Cl)cc21. The molecule has 0 radical (unpaired) electrons. The van der Waals surface area contributed by atoms with Gasteiger partial charge in [0.15, 0.2) is 11.0 Å². The van der Waals surface area contributed by atoms with Crippen LogP contribution in [0.4, 0.5) is 0 Å². The average Bonchev–Trinajstić information content (AvgIpc) is 3.11. The van der Waals surface area contributed by atoms with Crippen molar-refractivity contribution < 1.29 is 9.36 Å². The Morgan fingerprint density at radius 1 is 1.11 bits per heavy atom. The first-order valence-corrected chi connectivity index (χ1v) is 12.6. The van der Waals surface area contributed by atoms with Gasteiger partial charge in [-0.3, -0.25) is 9.78 Å². The number of halogens is 2. The third-order valence-electron chi connectivity index (χ3n) is 6.14. The first kappa shape index (κ1) is 25.2. The molecule has 0 aliphatic rings. The summed E-state index contributed by atoms with van der Waals surface area (Å²) in [4.78, 5) is 16.3. The zero-order valence-electron chi connectivity index (χ0n) is 19.8. The second kappa shape index (κ2) is 11.7. The average molecular weight is 511 g/mol. The summed E-state index contributed by atoms with van der Waals surface area (Å²) >= 11 is 12.7. The summed E-state index contributed by atoms with van der Waals surface area (Å²) in [5.41, 5.74) is 9.56. The number of imidazole rings is 1. The van der Waals surface area contributed by atoms with Crippen molar-refractivity contribution in [3.63, 3.8) is 0 Å². The van der Waals surface area contributed by atoms with Crippen molar-refractivity contribution >= 4 is 63.2 Å². The summed E-state index contributed by atoms with van der Waals surface area (Å²) in [6.45, 7) is 1.79. The Labute approximate surface area is 215 Å². The van der Waals surface area contributed by atoms with Crippen LogP contribution in [0.1, 0.15) is 37.1 Å². The van der Waals surface area contributed by atoms with Gasteiger partial charge in [-0.05, 0) is 43.0 Å². The number of hydrogen-bond donors (Lipinski definition) is 2. The highest BCUT2D eigenvalue weighted by Gasteiger charge is 2.22.